The van der Waals surface area contributed by atoms with Crippen LogP contribution in [0.2, 0.25) is 0 Å². The second-order valence-electron chi connectivity index (χ2n) is 6.69. The van der Waals surface area contributed by atoms with E-state index in [9.17, 15) is 15.0 Å². The average molecular weight is 340 g/mol. The number of aromatic hydroxyl groups is 1. The number of aliphatic hydroxyl groups is 1. The molecule has 1 aliphatic rings. The van der Waals surface area contributed by atoms with Crippen LogP contribution in [0.4, 0.5) is 0 Å². The van der Waals surface area contributed by atoms with Gasteiger partial charge in [0.25, 0.3) is 0 Å². The summed E-state index contributed by atoms with van der Waals surface area (Å²) in [4.78, 5) is 24.0. The zero-order chi connectivity index (χ0) is 17.4. The highest BCUT2D eigenvalue weighted by molar-refractivity contribution is 5.71. The summed E-state index contributed by atoms with van der Waals surface area (Å²) in [5.74, 6) is 0.551. The fraction of sp³-hybridized carbons (Fsp3) is 0.389. The van der Waals surface area contributed by atoms with Crippen LogP contribution < -0.4 is 5.69 Å². The van der Waals surface area contributed by atoms with Crippen molar-refractivity contribution in [2.45, 2.75) is 38.3 Å². The van der Waals surface area contributed by atoms with Crippen molar-refractivity contribution < 1.29 is 10.2 Å². The van der Waals surface area contributed by atoms with Crippen LogP contribution in [-0.2, 0) is 6.54 Å². The summed E-state index contributed by atoms with van der Waals surface area (Å²) < 4.78 is 1.65. The van der Waals surface area contributed by atoms with Gasteiger partial charge in [0, 0.05) is 12.1 Å². The van der Waals surface area contributed by atoms with Crippen LogP contribution in [0.15, 0.2) is 35.3 Å². The number of aromatic nitrogens is 4. The van der Waals surface area contributed by atoms with Crippen molar-refractivity contribution in [3.8, 4) is 17.0 Å². The Bertz CT molecular complexity index is 937. The van der Waals surface area contributed by atoms with Gasteiger partial charge >= 0.3 is 5.69 Å². The zero-order valence-electron chi connectivity index (χ0n) is 13.7. The van der Waals surface area contributed by atoms with Crippen molar-refractivity contribution in [1.29, 1.82) is 0 Å². The monoisotopic (exact) mass is 340 g/mol. The number of aromatic amines is 1. The third-order valence-corrected chi connectivity index (χ3v) is 4.90. The molecule has 130 valence electrons. The number of imidazole rings is 1. The molecule has 3 N–H and O–H groups in total. The van der Waals surface area contributed by atoms with Crippen molar-refractivity contribution in [2.24, 2.45) is 5.92 Å². The predicted molar refractivity (Wildman–Crippen MR) is 93.2 cm³/mol. The molecule has 7 heteroatoms. The molecule has 1 saturated carbocycles. The molecule has 4 rings (SSSR count). The second-order valence-corrected chi connectivity index (χ2v) is 6.69. The molecule has 7 nitrogen and oxygen atoms in total. The fourth-order valence-electron chi connectivity index (χ4n) is 3.45. The number of phenolic OH excluding ortho intramolecular Hbond substituents is 1. The Kier molecular flexibility index (Phi) is 4.01. The molecule has 1 aliphatic carbocycles. The highest BCUT2D eigenvalue weighted by Crippen LogP contribution is 2.26. The average Bonchev–Trinajstić information content (AvgIpc) is 2.92. The minimum Gasteiger partial charge on any atom is -0.508 e. The Morgan fingerprint density at radius 1 is 1.16 bits per heavy atom. The van der Waals surface area contributed by atoms with E-state index in [1.165, 1.54) is 0 Å². The molecule has 0 amide bonds. The van der Waals surface area contributed by atoms with Crippen molar-refractivity contribution in [1.82, 2.24) is 19.5 Å². The van der Waals surface area contributed by atoms with E-state index in [1.807, 2.05) is 0 Å². The lowest BCUT2D eigenvalue weighted by molar-refractivity contribution is 0.104. The van der Waals surface area contributed by atoms with Crippen LogP contribution in [0.25, 0.3) is 22.6 Å². The molecule has 2 heterocycles. The lowest BCUT2D eigenvalue weighted by Gasteiger charge is -2.25. The van der Waals surface area contributed by atoms with Crippen molar-refractivity contribution in [3.05, 3.63) is 40.9 Å². The Morgan fingerprint density at radius 2 is 1.88 bits per heavy atom. The first-order valence-corrected chi connectivity index (χ1v) is 8.53. The van der Waals surface area contributed by atoms with E-state index < -0.39 is 0 Å². The highest BCUT2D eigenvalue weighted by Gasteiger charge is 2.22. The number of benzene rings is 1. The van der Waals surface area contributed by atoms with Gasteiger partial charge in [-0.15, -0.1) is 0 Å². The van der Waals surface area contributed by atoms with E-state index in [-0.39, 0.29) is 17.5 Å². The summed E-state index contributed by atoms with van der Waals surface area (Å²) >= 11 is 0. The molecular weight excluding hydrogens is 320 g/mol. The Labute approximate surface area is 144 Å². The van der Waals surface area contributed by atoms with E-state index >= 15 is 0 Å². The molecule has 0 unspecified atom stereocenters. The first-order chi connectivity index (χ1) is 12.1. The standard InChI is InChI=1S/C18H20N4O3/c23-13-5-1-11(2-6-13)10-22-17-16(21-18(22)25)19-9-15(20-17)12-3-7-14(24)8-4-12/h3-4,7-9,11,13,23-24H,1-2,5-6,10H2,(H,19,21,25)/t11-,13-. The van der Waals surface area contributed by atoms with Gasteiger partial charge in [0.2, 0.25) is 0 Å². The quantitative estimate of drug-likeness (QED) is 0.677. The number of aliphatic hydroxyl groups excluding tert-OH is 1. The van der Waals surface area contributed by atoms with Gasteiger partial charge in [-0.1, -0.05) is 0 Å². The van der Waals surface area contributed by atoms with E-state index in [0.29, 0.717) is 29.5 Å². The van der Waals surface area contributed by atoms with E-state index in [1.54, 1.807) is 35.0 Å². The molecular formula is C18H20N4O3. The molecule has 0 aliphatic heterocycles. The number of rotatable bonds is 3. The molecule has 25 heavy (non-hydrogen) atoms. The van der Waals surface area contributed by atoms with Crippen molar-refractivity contribution >= 4 is 11.3 Å². The number of H-pyrrole nitrogens is 1. The molecule has 1 aromatic carbocycles. The number of nitrogens with one attached hydrogen (secondary N) is 1. The summed E-state index contributed by atoms with van der Waals surface area (Å²) in [7, 11) is 0. The summed E-state index contributed by atoms with van der Waals surface area (Å²) in [5, 5.41) is 19.1. The maximum absolute atomic E-state index is 12.3. The van der Waals surface area contributed by atoms with Crippen molar-refractivity contribution in [3.63, 3.8) is 0 Å². The largest absolute Gasteiger partial charge is 0.508 e. The van der Waals surface area contributed by atoms with Crippen molar-refractivity contribution in [2.75, 3.05) is 0 Å². The Morgan fingerprint density at radius 3 is 2.60 bits per heavy atom. The first kappa shape index (κ1) is 15.8. The van der Waals surface area contributed by atoms with E-state index in [2.05, 4.69) is 15.0 Å². The molecule has 0 bridgehead atoms. The van der Waals surface area contributed by atoms with Gasteiger partial charge in [-0.3, -0.25) is 9.55 Å². The summed E-state index contributed by atoms with van der Waals surface area (Å²) in [6.07, 6.45) is 4.79. The van der Waals surface area contributed by atoms with Crippen LogP contribution >= 0.6 is 0 Å². The van der Waals surface area contributed by atoms with Gasteiger partial charge in [-0.2, -0.15) is 0 Å². The van der Waals surface area contributed by atoms with Crippen LogP contribution in [0.3, 0.4) is 0 Å². The van der Waals surface area contributed by atoms with Gasteiger partial charge in [-0.25, -0.2) is 14.8 Å². The third-order valence-electron chi connectivity index (χ3n) is 4.90. The molecule has 3 aromatic rings. The first-order valence-electron chi connectivity index (χ1n) is 8.53. The number of hydrogen-bond donors (Lipinski definition) is 3. The van der Waals surface area contributed by atoms with Crippen LogP contribution in [0.1, 0.15) is 25.7 Å². The number of phenols is 1. The zero-order valence-corrected chi connectivity index (χ0v) is 13.7. The van der Waals surface area contributed by atoms with Gasteiger partial charge in [-0.05, 0) is 55.9 Å². The molecule has 1 fully saturated rings. The lowest BCUT2D eigenvalue weighted by Crippen LogP contribution is -2.26. The predicted octanol–water partition coefficient (Wildman–Crippen LogP) is 2.04. The third kappa shape index (κ3) is 3.15. The number of fused-ring (bicyclic) bond motifs is 1. The van der Waals surface area contributed by atoms with Crippen LogP contribution in [-0.4, -0.2) is 35.8 Å². The number of hydrogen-bond acceptors (Lipinski definition) is 5. The topological polar surface area (TPSA) is 104 Å². The fourth-order valence-corrected chi connectivity index (χ4v) is 3.45. The summed E-state index contributed by atoms with van der Waals surface area (Å²) in [6, 6.07) is 6.73. The minimum atomic E-state index is -0.211. The molecule has 0 atom stereocenters. The lowest BCUT2D eigenvalue weighted by atomic mass is 9.87. The van der Waals surface area contributed by atoms with Gasteiger partial charge in [0.05, 0.1) is 18.0 Å². The smallest absolute Gasteiger partial charge is 0.328 e. The molecule has 0 radical (unpaired) electrons. The van der Waals surface area contributed by atoms with Crippen LogP contribution in [0.5, 0.6) is 5.75 Å². The Hall–Kier alpha value is -2.67. The Balaban J connectivity index is 1.69. The second kappa shape index (κ2) is 6.33. The molecule has 0 spiro atoms. The highest BCUT2D eigenvalue weighted by atomic mass is 16.3. The van der Waals surface area contributed by atoms with Gasteiger partial charge in [0.15, 0.2) is 11.3 Å². The maximum atomic E-state index is 12.3. The SMILES string of the molecule is O=c1[nH]c2ncc(-c3ccc(O)cc3)nc2n1C[C@H]1CC[C@H](O)CC1. The molecule has 0 saturated heterocycles. The maximum Gasteiger partial charge on any atom is 0.328 e. The van der Waals surface area contributed by atoms with E-state index in [0.717, 1.165) is 31.2 Å². The van der Waals surface area contributed by atoms with Crippen LogP contribution in [0, 0.1) is 5.92 Å². The summed E-state index contributed by atoms with van der Waals surface area (Å²) in [6.45, 7) is 0.583. The summed E-state index contributed by atoms with van der Waals surface area (Å²) in [5.41, 5.74) is 2.29. The van der Waals surface area contributed by atoms with E-state index in [4.69, 9.17) is 0 Å². The number of nitrogens with zero attached hydrogens (tertiary/aromatic N) is 3. The minimum absolute atomic E-state index is 0.191. The van der Waals surface area contributed by atoms with Gasteiger partial charge in [0.1, 0.15) is 5.75 Å². The normalized spacial score (nSPS) is 20.8. The van der Waals surface area contributed by atoms with Gasteiger partial charge < -0.3 is 10.2 Å². The molecule has 2 aromatic heterocycles.